The fraction of sp³-hybridized carbons (Fsp3) is 0.444. The van der Waals surface area contributed by atoms with Gasteiger partial charge in [-0.25, -0.2) is 0 Å². The predicted octanol–water partition coefficient (Wildman–Crippen LogP) is 1.62. The van der Waals surface area contributed by atoms with Crippen molar-refractivity contribution < 1.29 is 9.53 Å². The number of carbonyl (C=O) groups excluding carboxylic acids is 1. The van der Waals surface area contributed by atoms with Crippen LogP contribution in [0.3, 0.4) is 0 Å². The van der Waals surface area contributed by atoms with E-state index in [4.69, 9.17) is 4.74 Å². The maximum absolute atomic E-state index is 12.8. The molecule has 6 heteroatoms. The number of hydrogen-bond acceptors (Lipinski definition) is 4. The molecule has 1 aromatic carbocycles. The third kappa shape index (κ3) is 2.89. The Balaban J connectivity index is 1.46. The van der Waals surface area contributed by atoms with Gasteiger partial charge in [0.2, 0.25) is 0 Å². The Morgan fingerprint density at radius 1 is 1.21 bits per heavy atom. The molecule has 4 rings (SSSR count). The lowest BCUT2D eigenvalue weighted by atomic mass is 10.1. The van der Waals surface area contributed by atoms with Gasteiger partial charge in [-0.15, -0.1) is 0 Å². The predicted molar refractivity (Wildman–Crippen MR) is 89.9 cm³/mol. The van der Waals surface area contributed by atoms with Gasteiger partial charge in [0, 0.05) is 19.1 Å². The lowest BCUT2D eigenvalue weighted by molar-refractivity contribution is 0.0618. The lowest BCUT2D eigenvalue weighted by Gasteiger charge is -2.32. The van der Waals surface area contributed by atoms with Gasteiger partial charge >= 0.3 is 0 Å². The molecule has 2 aliphatic heterocycles. The zero-order chi connectivity index (χ0) is 16.5. The Morgan fingerprint density at radius 2 is 2.04 bits per heavy atom. The first kappa shape index (κ1) is 15.2. The molecule has 0 aliphatic carbocycles. The van der Waals surface area contributed by atoms with Crippen LogP contribution < -0.4 is 4.74 Å². The number of likely N-dealkylation sites (N-methyl/N-ethyl adjacent to an activating group) is 1. The summed E-state index contributed by atoms with van der Waals surface area (Å²) >= 11 is 0. The van der Waals surface area contributed by atoms with Crippen molar-refractivity contribution in [3.05, 3.63) is 47.8 Å². The minimum Gasteiger partial charge on any atom is -0.487 e. The molecule has 0 N–H and O–H groups in total. The molecule has 2 aromatic rings. The second-order valence-electron chi connectivity index (χ2n) is 6.55. The molecule has 0 saturated carbocycles. The van der Waals surface area contributed by atoms with Crippen LogP contribution in [-0.2, 0) is 13.2 Å². The fourth-order valence-corrected chi connectivity index (χ4v) is 3.52. The molecule has 1 fully saturated rings. The molecule has 24 heavy (non-hydrogen) atoms. The normalized spacial score (nSPS) is 21.1. The highest BCUT2D eigenvalue weighted by molar-refractivity contribution is 5.93. The third-order valence-corrected chi connectivity index (χ3v) is 4.80. The van der Waals surface area contributed by atoms with Crippen molar-refractivity contribution >= 4 is 5.91 Å². The summed E-state index contributed by atoms with van der Waals surface area (Å²) in [7, 11) is 2.11. The highest BCUT2D eigenvalue weighted by atomic mass is 16.5. The van der Waals surface area contributed by atoms with Crippen molar-refractivity contribution in [3.63, 3.8) is 0 Å². The van der Waals surface area contributed by atoms with Crippen molar-refractivity contribution in [1.82, 2.24) is 19.6 Å². The van der Waals surface area contributed by atoms with Gasteiger partial charge in [-0.2, -0.15) is 5.10 Å². The van der Waals surface area contributed by atoms with Gasteiger partial charge in [0.25, 0.3) is 5.91 Å². The number of nitrogens with zero attached hydrogens (tertiary/aromatic N) is 4. The number of likely N-dealkylation sites (tertiary alicyclic amines) is 1. The first-order valence-electron chi connectivity index (χ1n) is 8.45. The summed E-state index contributed by atoms with van der Waals surface area (Å²) in [5.74, 6) is 0.908. The van der Waals surface area contributed by atoms with E-state index in [0.717, 1.165) is 44.0 Å². The van der Waals surface area contributed by atoms with Crippen molar-refractivity contribution in [2.45, 2.75) is 25.6 Å². The van der Waals surface area contributed by atoms with E-state index in [1.54, 1.807) is 0 Å². The first-order valence-corrected chi connectivity index (χ1v) is 8.45. The quantitative estimate of drug-likeness (QED) is 0.857. The Hall–Kier alpha value is -2.34. The lowest BCUT2D eigenvalue weighted by Crippen LogP contribution is -2.47. The van der Waals surface area contributed by atoms with E-state index in [-0.39, 0.29) is 5.91 Å². The second kappa shape index (κ2) is 6.28. The Kier molecular flexibility index (Phi) is 3.98. The van der Waals surface area contributed by atoms with E-state index >= 15 is 0 Å². The second-order valence-corrected chi connectivity index (χ2v) is 6.55. The summed E-state index contributed by atoms with van der Waals surface area (Å²) < 4.78 is 7.56. The minimum atomic E-state index is 0.0972. The largest absolute Gasteiger partial charge is 0.487 e. The molecule has 1 amide bonds. The van der Waals surface area contributed by atoms with E-state index < -0.39 is 0 Å². The van der Waals surface area contributed by atoms with Gasteiger partial charge < -0.3 is 14.5 Å². The van der Waals surface area contributed by atoms with E-state index in [2.05, 4.69) is 17.0 Å². The van der Waals surface area contributed by atoms with Crippen molar-refractivity contribution in [3.8, 4) is 5.75 Å². The van der Waals surface area contributed by atoms with Gasteiger partial charge in [-0.1, -0.05) is 18.2 Å². The molecule has 3 heterocycles. The van der Waals surface area contributed by atoms with Crippen LogP contribution in [0.2, 0.25) is 0 Å². The summed E-state index contributed by atoms with van der Waals surface area (Å²) in [5.41, 5.74) is 1.48. The molecular formula is C18H22N4O2. The summed E-state index contributed by atoms with van der Waals surface area (Å²) in [5, 5.41) is 4.53. The van der Waals surface area contributed by atoms with E-state index in [1.165, 1.54) is 0 Å². The molecule has 1 aromatic heterocycles. The molecule has 6 nitrogen and oxygen atoms in total. The number of carbonyl (C=O) groups is 1. The molecular weight excluding hydrogens is 304 g/mol. The molecule has 0 spiro atoms. The Morgan fingerprint density at radius 3 is 2.79 bits per heavy atom. The third-order valence-electron chi connectivity index (χ3n) is 4.80. The number of aromatic nitrogens is 2. The zero-order valence-electron chi connectivity index (χ0n) is 13.9. The van der Waals surface area contributed by atoms with Crippen LogP contribution in [0, 0.1) is 0 Å². The van der Waals surface area contributed by atoms with Gasteiger partial charge in [-0.3, -0.25) is 9.48 Å². The Labute approximate surface area is 141 Å². The number of amides is 1. The average Bonchev–Trinajstić information content (AvgIpc) is 3.21. The molecule has 0 unspecified atom stereocenters. The highest BCUT2D eigenvalue weighted by Crippen LogP contribution is 2.21. The summed E-state index contributed by atoms with van der Waals surface area (Å²) in [6.07, 6.45) is 1.06. The molecule has 2 aliphatic rings. The van der Waals surface area contributed by atoms with Crippen LogP contribution >= 0.6 is 0 Å². The smallest absolute Gasteiger partial charge is 0.272 e. The number of hydrogen-bond donors (Lipinski definition) is 0. The molecule has 126 valence electrons. The van der Waals surface area contributed by atoms with Crippen LogP contribution in [-0.4, -0.2) is 58.2 Å². The van der Waals surface area contributed by atoms with Gasteiger partial charge in [0.05, 0.1) is 6.54 Å². The molecule has 1 saturated heterocycles. The summed E-state index contributed by atoms with van der Waals surface area (Å²) in [6.45, 7) is 3.90. The van der Waals surface area contributed by atoms with E-state index in [0.29, 0.717) is 18.3 Å². The average molecular weight is 326 g/mol. The van der Waals surface area contributed by atoms with Crippen LogP contribution in [0.15, 0.2) is 36.4 Å². The summed E-state index contributed by atoms with van der Waals surface area (Å²) in [4.78, 5) is 17.1. The monoisotopic (exact) mass is 326 g/mol. The number of fused-ring (bicyclic) bond motifs is 1. The number of benzene rings is 1. The molecule has 1 atom stereocenters. The van der Waals surface area contributed by atoms with Crippen molar-refractivity contribution in [2.75, 3.05) is 26.7 Å². The maximum atomic E-state index is 12.8. The van der Waals surface area contributed by atoms with E-state index in [1.807, 2.05) is 46.0 Å². The molecule has 0 radical (unpaired) electrons. The number of ether oxygens (including phenoxy) is 1. The van der Waals surface area contributed by atoms with Gasteiger partial charge in [-0.05, 0) is 38.2 Å². The van der Waals surface area contributed by atoms with Crippen molar-refractivity contribution in [1.29, 1.82) is 0 Å². The SMILES string of the molecule is CN1CC[C@H](N2CCn3nc(COc4ccccc4)cc3C2=O)C1. The fourth-order valence-electron chi connectivity index (χ4n) is 3.52. The van der Waals surface area contributed by atoms with Crippen molar-refractivity contribution in [2.24, 2.45) is 0 Å². The Bertz CT molecular complexity index is 728. The van der Waals surface area contributed by atoms with Crippen LogP contribution in [0.1, 0.15) is 22.6 Å². The number of rotatable bonds is 4. The highest BCUT2D eigenvalue weighted by Gasteiger charge is 2.34. The maximum Gasteiger partial charge on any atom is 0.272 e. The van der Waals surface area contributed by atoms with Crippen LogP contribution in [0.4, 0.5) is 0 Å². The zero-order valence-corrected chi connectivity index (χ0v) is 13.9. The van der Waals surface area contributed by atoms with Crippen LogP contribution in [0.25, 0.3) is 0 Å². The number of para-hydroxylation sites is 1. The standard InChI is InChI=1S/C18H22N4O2/c1-20-8-7-15(12-20)21-9-10-22-17(18(21)23)11-14(19-22)13-24-16-5-3-2-4-6-16/h2-6,11,15H,7-10,12-13H2,1H3/t15-/m0/s1. The first-order chi connectivity index (χ1) is 11.7. The minimum absolute atomic E-state index is 0.0972. The molecule has 0 bridgehead atoms. The van der Waals surface area contributed by atoms with E-state index in [9.17, 15) is 4.79 Å². The van der Waals surface area contributed by atoms with Gasteiger partial charge in [0.15, 0.2) is 0 Å². The topological polar surface area (TPSA) is 50.6 Å². The summed E-state index contributed by atoms with van der Waals surface area (Å²) in [6, 6.07) is 11.9. The van der Waals surface area contributed by atoms with Gasteiger partial charge in [0.1, 0.15) is 23.7 Å². The van der Waals surface area contributed by atoms with Crippen LogP contribution in [0.5, 0.6) is 5.75 Å².